The van der Waals surface area contributed by atoms with Gasteiger partial charge >= 0.3 is 0 Å². The van der Waals surface area contributed by atoms with Crippen LogP contribution in [0.15, 0.2) is 29.2 Å². The van der Waals surface area contributed by atoms with Gasteiger partial charge in [-0.2, -0.15) is 5.10 Å². The van der Waals surface area contributed by atoms with Gasteiger partial charge in [-0.25, -0.2) is 4.98 Å². The second-order valence-corrected chi connectivity index (χ2v) is 3.48. The highest BCUT2D eigenvalue weighted by Gasteiger charge is 1.94. The Morgan fingerprint density at radius 3 is 3.15 bits per heavy atom. The molecule has 0 aromatic carbocycles. The minimum Gasteiger partial charge on any atom is -0.221 e. The molecule has 0 aliphatic carbocycles. The van der Waals surface area contributed by atoms with Gasteiger partial charge in [-0.1, -0.05) is 0 Å². The molecular formula is C8H8N4S. The zero-order valence-electron chi connectivity index (χ0n) is 7.08. The average molecular weight is 192 g/mol. The fourth-order valence-corrected chi connectivity index (χ4v) is 1.67. The Hall–Kier alpha value is -1.49. The first-order chi connectivity index (χ1) is 6.36. The third kappa shape index (κ3) is 1.81. The van der Waals surface area contributed by atoms with Gasteiger partial charge in [0.1, 0.15) is 12.7 Å². The van der Waals surface area contributed by atoms with Crippen molar-refractivity contribution in [2.45, 2.75) is 6.92 Å². The molecule has 0 spiro atoms. The summed E-state index contributed by atoms with van der Waals surface area (Å²) in [6.07, 6.45) is 4.80. The Balaban J connectivity index is 2.19. The standard InChI is InChI=1S/C8H8N4S/c1-7-2-3-13-8(7)4-10-12-6-9-5-11-12/h2-6H,1H3/b10-4+. The lowest BCUT2D eigenvalue weighted by molar-refractivity contribution is 0.743. The fourth-order valence-electron chi connectivity index (χ4n) is 0.890. The first-order valence-corrected chi connectivity index (χ1v) is 4.67. The van der Waals surface area contributed by atoms with E-state index in [1.165, 1.54) is 16.7 Å². The van der Waals surface area contributed by atoms with E-state index in [1.807, 2.05) is 5.38 Å². The van der Waals surface area contributed by atoms with Gasteiger partial charge in [0.05, 0.1) is 11.1 Å². The highest BCUT2D eigenvalue weighted by Crippen LogP contribution is 2.12. The molecule has 0 aliphatic heterocycles. The average Bonchev–Trinajstić information content (AvgIpc) is 2.72. The monoisotopic (exact) mass is 192 g/mol. The van der Waals surface area contributed by atoms with Gasteiger partial charge in [-0.15, -0.1) is 21.2 Å². The zero-order valence-corrected chi connectivity index (χ0v) is 7.90. The number of thiophene rings is 1. The zero-order chi connectivity index (χ0) is 9.10. The first-order valence-electron chi connectivity index (χ1n) is 3.79. The Labute approximate surface area is 79.6 Å². The topological polar surface area (TPSA) is 43.1 Å². The Morgan fingerprint density at radius 2 is 2.54 bits per heavy atom. The maximum Gasteiger partial charge on any atom is 0.139 e. The minimum atomic E-state index is 1.15. The van der Waals surface area contributed by atoms with E-state index in [4.69, 9.17) is 0 Å². The van der Waals surface area contributed by atoms with Crippen molar-refractivity contribution in [1.82, 2.24) is 14.9 Å². The molecule has 0 saturated carbocycles. The van der Waals surface area contributed by atoms with E-state index in [1.54, 1.807) is 23.9 Å². The van der Waals surface area contributed by atoms with Gasteiger partial charge in [-0.05, 0) is 23.9 Å². The van der Waals surface area contributed by atoms with Gasteiger partial charge < -0.3 is 0 Å². The normalized spacial score (nSPS) is 11.2. The van der Waals surface area contributed by atoms with Gasteiger partial charge in [0.2, 0.25) is 0 Å². The van der Waals surface area contributed by atoms with Gasteiger partial charge in [-0.3, -0.25) is 0 Å². The largest absolute Gasteiger partial charge is 0.221 e. The van der Waals surface area contributed by atoms with Crippen LogP contribution in [0.25, 0.3) is 0 Å². The molecule has 0 radical (unpaired) electrons. The molecule has 2 aromatic heterocycles. The highest BCUT2D eigenvalue weighted by atomic mass is 32.1. The summed E-state index contributed by atoms with van der Waals surface area (Å²) < 4.78 is 0. The van der Waals surface area contributed by atoms with Crippen molar-refractivity contribution in [3.8, 4) is 0 Å². The summed E-state index contributed by atoms with van der Waals surface area (Å²) in [5.74, 6) is 0. The molecule has 2 rings (SSSR count). The van der Waals surface area contributed by atoms with Crippen molar-refractivity contribution in [2.24, 2.45) is 5.10 Å². The van der Waals surface area contributed by atoms with Crippen LogP contribution in [0, 0.1) is 6.92 Å². The highest BCUT2D eigenvalue weighted by molar-refractivity contribution is 7.11. The first kappa shape index (κ1) is 8.12. The van der Waals surface area contributed by atoms with E-state index < -0.39 is 0 Å². The smallest absolute Gasteiger partial charge is 0.139 e. The molecule has 4 nitrogen and oxygen atoms in total. The number of hydrogen-bond donors (Lipinski definition) is 0. The van der Waals surface area contributed by atoms with Crippen LogP contribution in [0.3, 0.4) is 0 Å². The molecule has 2 aromatic rings. The van der Waals surface area contributed by atoms with Crippen LogP contribution in [0.5, 0.6) is 0 Å². The molecule has 0 aliphatic rings. The minimum absolute atomic E-state index is 1.15. The quantitative estimate of drug-likeness (QED) is 0.677. The van der Waals surface area contributed by atoms with Gasteiger partial charge in [0.25, 0.3) is 0 Å². The van der Waals surface area contributed by atoms with Crippen LogP contribution in [-0.4, -0.2) is 21.1 Å². The predicted octanol–water partition coefficient (Wildman–Crippen LogP) is 1.53. The van der Waals surface area contributed by atoms with E-state index in [2.05, 4.69) is 28.2 Å². The van der Waals surface area contributed by atoms with E-state index in [9.17, 15) is 0 Å². The molecule has 0 amide bonds. The van der Waals surface area contributed by atoms with Crippen LogP contribution < -0.4 is 0 Å². The third-order valence-electron chi connectivity index (χ3n) is 1.60. The third-order valence-corrected chi connectivity index (χ3v) is 2.56. The van der Waals surface area contributed by atoms with Crippen LogP contribution in [0.4, 0.5) is 0 Å². The summed E-state index contributed by atoms with van der Waals surface area (Å²) in [6.45, 7) is 2.05. The number of aryl methyl sites for hydroxylation is 1. The van der Waals surface area contributed by atoms with E-state index in [0.29, 0.717) is 0 Å². The molecular weight excluding hydrogens is 184 g/mol. The van der Waals surface area contributed by atoms with Crippen LogP contribution in [-0.2, 0) is 0 Å². The number of nitrogens with zero attached hydrogens (tertiary/aromatic N) is 4. The van der Waals surface area contributed by atoms with Crippen molar-refractivity contribution in [3.63, 3.8) is 0 Å². The number of hydrogen-bond acceptors (Lipinski definition) is 4. The summed E-state index contributed by atoms with van der Waals surface area (Å²) in [5, 5.41) is 10.00. The summed E-state index contributed by atoms with van der Waals surface area (Å²) in [7, 11) is 0. The molecule has 5 heteroatoms. The van der Waals surface area contributed by atoms with Crippen LogP contribution in [0.2, 0.25) is 0 Å². The van der Waals surface area contributed by atoms with Crippen LogP contribution in [0.1, 0.15) is 10.4 Å². The van der Waals surface area contributed by atoms with E-state index >= 15 is 0 Å². The van der Waals surface area contributed by atoms with Crippen molar-refractivity contribution in [1.29, 1.82) is 0 Å². The Morgan fingerprint density at radius 1 is 1.62 bits per heavy atom. The maximum atomic E-state index is 4.10. The lowest BCUT2D eigenvalue weighted by Gasteiger charge is -1.88. The molecule has 0 atom stereocenters. The summed E-state index contributed by atoms with van der Waals surface area (Å²) in [4.78, 5) is 6.36. The molecule has 0 N–H and O–H groups in total. The molecule has 13 heavy (non-hydrogen) atoms. The van der Waals surface area contributed by atoms with Crippen molar-refractivity contribution < 1.29 is 0 Å². The molecule has 0 fully saturated rings. The van der Waals surface area contributed by atoms with Crippen molar-refractivity contribution >= 4 is 17.6 Å². The second kappa shape index (κ2) is 3.49. The maximum absolute atomic E-state index is 4.10. The van der Waals surface area contributed by atoms with Crippen LogP contribution >= 0.6 is 11.3 Å². The number of rotatable bonds is 2. The van der Waals surface area contributed by atoms with Crippen molar-refractivity contribution in [3.05, 3.63) is 34.5 Å². The Kier molecular flexibility index (Phi) is 2.18. The molecule has 0 bridgehead atoms. The predicted molar refractivity (Wildman–Crippen MR) is 52.1 cm³/mol. The summed E-state index contributed by atoms with van der Waals surface area (Å²) in [6, 6.07) is 2.06. The second-order valence-electron chi connectivity index (χ2n) is 2.53. The van der Waals surface area contributed by atoms with E-state index in [-0.39, 0.29) is 0 Å². The van der Waals surface area contributed by atoms with Gasteiger partial charge in [0, 0.05) is 0 Å². The van der Waals surface area contributed by atoms with Crippen molar-refractivity contribution in [2.75, 3.05) is 0 Å². The summed E-state index contributed by atoms with van der Waals surface area (Å²) in [5.41, 5.74) is 1.23. The fraction of sp³-hybridized carbons (Fsp3) is 0.125. The summed E-state index contributed by atoms with van der Waals surface area (Å²) >= 11 is 1.66. The lowest BCUT2D eigenvalue weighted by Crippen LogP contribution is -1.89. The molecule has 0 saturated heterocycles. The molecule has 2 heterocycles. The van der Waals surface area contributed by atoms with E-state index in [0.717, 1.165) is 4.88 Å². The SMILES string of the molecule is Cc1ccsc1/C=N/n1cncn1. The molecule has 0 unspecified atom stereocenters. The lowest BCUT2D eigenvalue weighted by atomic mass is 10.3. The molecule has 66 valence electrons. The number of aromatic nitrogens is 3. The Bertz CT molecular complexity index is 401. The van der Waals surface area contributed by atoms with Gasteiger partial charge in [0.15, 0.2) is 0 Å².